The predicted molar refractivity (Wildman–Crippen MR) is 118 cm³/mol. The molecule has 2 N–H and O–H groups in total. The summed E-state index contributed by atoms with van der Waals surface area (Å²) in [5.41, 5.74) is 1.86. The molecule has 1 fully saturated rings. The quantitative estimate of drug-likeness (QED) is 0.772. The zero-order valence-corrected chi connectivity index (χ0v) is 18.4. The second-order valence-electron chi connectivity index (χ2n) is 8.40. The lowest BCUT2D eigenvalue weighted by atomic mass is 9.95. The van der Waals surface area contributed by atoms with E-state index in [4.69, 9.17) is 0 Å². The molecule has 0 saturated carbocycles. The fourth-order valence-electron chi connectivity index (χ4n) is 3.34. The third kappa shape index (κ3) is 5.80. The summed E-state index contributed by atoms with van der Waals surface area (Å²) in [5.74, 6) is -0.399. The summed E-state index contributed by atoms with van der Waals surface area (Å²) < 4.78 is 13.7. The molecule has 2 amide bonds. The van der Waals surface area contributed by atoms with Crippen LogP contribution < -0.4 is 10.6 Å². The smallest absolute Gasteiger partial charge is 0.254 e. The van der Waals surface area contributed by atoms with Gasteiger partial charge in [-0.3, -0.25) is 9.59 Å². The van der Waals surface area contributed by atoms with E-state index < -0.39 is 5.41 Å². The number of nitrogens with one attached hydrogen (secondary N) is 2. The van der Waals surface area contributed by atoms with E-state index in [1.165, 1.54) is 12.1 Å². The maximum atomic E-state index is 13.7. The standard InChI is InChI=1S/C23H28FN3O2.ClH/c1-23(2,3)22(29)26-14-16-7-9-17(10-8-16)21(28)27-12-11-25-15-20(27)18-5-4-6-19(24)13-18;/h4-10,13,20,25H,11-12,14-15H2,1-3H3,(H,26,29);1H. The van der Waals surface area contributed by atoms with E-state index in [1.807, 2.05) is 39.0 Å². The van der Waals surface area contributed by atoms with Crippen LogP contribution in [0.15, 0.2) is 48.5 Å². The third-order valence-corrected chi connectivity index (χ3v) is 5.07. The van der Waals surface area contributed by atoms with Gasteiger partial charge in [0.15, 0.2) is 0 Å². The first-order valence-corrected chi connectivity index (χ1v) is 9.90. The molecular weight excluding hydrogens is 405 g/mol. The van der Waals surface area contributed by atoms with Crippen LogP contribution in [-0.2, 0) is 11.3 Å². The average molecular weight is 434 g/mol. The van der Waals surface area contributed by atoms with Crippen LogP contribution in [0.25, 0.3) is 0 Å². The summed E-state index contributed by atoms with van der Waals surface area (Å²) in [6.45, 7) is 7.87. The van der Waals surface area contributed by atoms with Gasteiger partial charge in [-0.05, 0) is 35.4 Å². The minimum absolute atomic E-state index is 0. The molecule has 1 aliphatic rings. The van der Waals surface area contributed by atoms with Crippen molar-refractivity contribution in [2.75, 3.05) is 19.6 Å². The summed E-state index contributed by atoms with van der Waals surface area (Å²) >= 11 is 0. The topological polar surface area (TPSA) is 61.4 Å². The molecule has 0 bridgehead atoms. The molecule has 1 atom stereocenters. The Morgan fingerprint density at radius 3 is 2.50 bits per heavy atom. The molecule has 30 heavy (non-hydrogen) atoms. The van der Waals surface area contributed by atoms with Crippen molar-refractivity contribution in [2.24, 2.45) is 5.41 Å². The van der Waals surface area contributed by atoms with Crippen molar-refractivity contribution in [2.45, 2.75) is 33.4 Å². The summed E-state index contributed by atoms with van der Waals surface area (Å²) in [7, 11) is 0. The van der Waals surface area contributed by atoms with E-state index >= 15 is 0 Å². The minimum Gasteiger partial charge on any atom is -0.352 e. The molecule has 162 valence electrons. The Hall–Kier alpha value is -2.44. The monoisotopic (exact) mass is 433 g/mol. The van der Waals surface area contributed by atoms with Crippen LogP contribution in [0.4, 0.5) is 4.39 Å². The lowest BCUT2D eigenvalue weighted by Crippen LogP contribution is -2.48. The number of rotatable bonds is 4. The van der Waals surface area contributed by atoms with Crippen molar-refractivity contribution < 1.29 is 14.0 Å². The predicted octanol–water partition coefficient (Wildman–Crippen LogP) is 3.70. The molecule has 0 aliphatic carbocycles. The van der Waals surface area contributed by atoms with E-state index in [0.717, 1.165) is 11.1 Å². The van der Waals surface area contributed by atoms with Gasteiger partial charge in [0.1, 0.15) is 5.82 Å². The van der Waals surface area contributed by atoms with E-state index in [-0.39, 0.29) is 36.1 Å². The van der Waals surface area contributed by atoms with Gasteiger partial charge in [0.05, 0.1) is 6.04 Å². The molecule has 5 nitrogen and oxygen atoms in total. The normalized spacial score (nSPS) is 16.5. The highest BCUT2D eigenvalue weighted by Gasteiger charge is 2.29. The van der Waals surface area contributed by atoms with Crippen LogP contribution in [0.2, 0.25) is 0 Å². The largest absolute Gasteiger partial charge is 0.352 e. The molecule has 3 rings (SSSR count). The Bertz CT molecular complexity index is 881. The van der Waals surface area contributed by atoms with Gasteiger partial charge in [-0.15, -0.1) is 12.4 Å². The fraction of sp³-hybridized carbons (Fsp3) is 0.391. The summed E-state index contributed by atoms with van der Waals surface area (Å²) in [6.07, 6.45) is 0. The first-order chi connectivity index (χ1) is 13.8. The van der Waals surface area contributed by atoms with Gasteiger partial charge >= 0.3 is 0 Å². The van der Waals surface area contributed by atoms with Gasteiger partial charge in [-0.1, -0.05) is 45.0 Å². The number of hydrogen-bond donors (Lipinski definition) is 2. The molecule has 0 spiro atoms. The van der Waals surface area contributed by atoms with Crippen molar-refractivity contribution in [3.63, 3.8) is 0 Å². The Labute approximate surface area is 183 Å². The lowest BCUT2D eigenvalue weighted by Gasteiger charge is -2.36. The molecule has 1 heterocycles. The zero-order chi connectivity index (χ0) is 21.0. The van der Waals surface area contributed by atoms with E-state index in [9.17, 15) is 14.0 Å². The van der Waals surface area contributed by atoms with E-state index in [1.54, 1.807) is 23.1 Å². The van der Waals surface area contributed by atoms with Gasteiger partial charge in [0, 0.05) is 37.2 Å². The maximum absolute atomic E-state index is 13.7. The fourth-order valence-corrected chi connectivity index (χ4v) is 3.34. The van der Waals surface area contributed by atoms with Crippen LogP contribution in [-0.4, -0.2) is 36.3 Å². The Balaban J connectivity index is 0.00000320. The van der Waals surface area contributed by atoms with Gasteiger partial charge in [0.2, 0.25) is 5.91 Å². The number of piperazine rings is 1. The summed E-state index contributed by atoms with van der Waals surface area (Å²) in [6, 6.07) is 13.5. The van der Waals surface area contributed by atoms with Gasteiger partial charge in [0.25, 0.3) is 5.91 Å². The Morgan fingerprint density at radius 1 is 1.17 bits per heavy atom. The first-order valence-electron chi connectivity index (χ1n) is 9.90. The Morgan fingerprint density at radius 2 is 1.87 bits per heavy atom. The van der Waals surface area contributed by atoms with Gasteiger partial charge in [-0.25, -0.2) is 4.39 Å². The third-order valence-electron chi connectivity index (χ3n) is 5.07. The van der Waals surface area contributed by atoms with Crippen molar-refractivity contribution >= 4 is 24.2 Å². The van der Waals surface area contributed by atoms with E-state index in [2.05, 4.69) is 10.6 Å². The van der Waals surface area contributed by atoms with Crippen molar-refractivity contribution in [3.8, 4) is 0 Å². The number of benzene rings is 2. The van der Waals surface area contributed by atoms with Crippen LogP contribution in [0.5, 0.6) is 0 Å². The molecule has 0 radical (unpaired) electrons. The van der Waals surface area contributed by atoms with E-state index in [0.29, 0.717) is 31.7 Å². The number of nitrogens with zero attached hydrogens (tertiary/aromatic N) is 1. The molecule has 1 aliphatic heterocycles. The number of carbonyl (C=O) groups is 2. The van der Waals surface area contributed by atoms with Crippen molar-refractivity contribution in [3.05, 3.63) is 71.0 Å². The molecule has 0 aromatic heterocycles. The van der Waals surface area contributed by atoms with Crippen molar-refractivity contribution in [1.82, 2.24) is 15.5 Å². The highest BCUT2D eigenvalue weighted by molar-refractivity contribution is 5.94. The van der Waals surface area contributed by atoms with Gasteiger partial charge < -0.3 is 15.5 Å². The highest BCUT2D eigenvalue weighted by Crippen LogP contribution is 2.25. The SMILES string of the molecule is CC(C)(C)C(=O)NCc1ccc(C(=O)N2CCNCC2c2cccc(F)c2)cc1.Cl. The minimum atomic E-state index is -0.440. The molecule has 2 aromatic carbocycles. The molecule has 7 heteroatoms. The second-order valence-corrected chi connectivity index (χ2v) is 8.40. The highest BCUT2D eigenvalue weighted by atomic mass is 35.5. The van der Waals surface area contributed by atoms with Crippen LogP contribution >= 0.6 is 12.4 Å². The average Bonchev–Trinajstić information content (AvgIpc) is 2.71. The van der Waals surface area contributed by atoms with Gasteiger partial charge in [-0.2, -0.15) is 0 Å². The molecular formula is C23H29ClFN3O2. The Kier molecular flexibility index (Phi) is 7.98. The molecule has 1 saturated heterocycles. The number of amides is 2. The summed E-state index contributed by atoms with van der Waals surface area (Å²) in [5, 5.41) is 6.19. The number of hydrogen-bond acceptors (Lipinski definition) is 3. The maximum Gasteiger partial charge on any atom is 0.254 e. The van der Waals surface area contributed by atoms with Crippen LogP contribution in [0.3, 0.4) is 0 Å². The van der Waals surface area contributed by atoms with Crippen molar-refractivity contribution in [1.29, 1.82) is 0 Å². The number of halogens is 2. The first kappa shape index (κ1) is 23.8. The summed E-state index contributed by atoms with van der Waals surface area (Å²) in [4.78, 5) is 26.9. The molecule has 1 unspecified atom stereocenters. The number of carbonyl (C=O) groups excluding carboxylic acids is 2. The lowest BCUT2D eigenvalue weighted by molar-refractivity contribution is -0.128. The zero-order valence-electron chi connectivity index (χ0n) is 17.6. The van der Waals surface area contributed by atoms with Crippen LogP contribution in [0.1, 0.15) is 48.3 Å². The second kappa shape index (κ2) is 10.0. The molecule has 2 aromatic rings. The van der Waals surface area contributed by atoms with Crippen LogP contribution in [0, 0.1) is 11.2 Å².